The van der Waals surface area contributed by atoms with Crippen LogP contribution < -0.4 is 10.2 Å². The zero-order chi connectivity index (χ0) is 12.5. The second-order valence-corrected chi connectivity index (χ2v) is 5.12. The molecule has 96 valence electrons. The molecule has 0 radical (unpaired) electrons. The third-order valence-corrected chi connectivity index (χ3v) is 3.84. The molecular weight excluding hydrogens is 226 g/mol. The monoisotopic (exact) mass is 245 g/mol. The molecule has 0 spiro atoms. The van der Waals surface area contributed by atoms with Crippen LogP contribution in [-0.2, 0) is 17.8 Å². The highest BCUT2D eigenvalue weighted by Crippen LogP contribution is 2.28. The van der Waals surface area contributed by atoms with E-state index in [0.717, 1.165) is 44.0 Å². The molecule has 4 nitrogen and oxygen atoms in total. The predicted molar refractivity (Wildman–Crippen MR) is 71.7 cm³/mol. The summed E-state index contributed by atoms with van der Waals surface area (Å²) in [5, 5.41) is 3.36. The lowest BCUT2D eigenvalue weighted by Crippen LogP contribution is -2.42. The van der Waals surface area contributed by atoms with Crippen molar-refractivity contribution in [2.75, 3.05) is 38.1 Å². The van der Waals surface area contributed by atoms with Gasteiger partial charge in [-0.15, -0.1) is 0 Å². The summed E-state index contributed by atoms with van der Waals surface area (Å²) in [6.45, 7) is 5.33. The number of carbonyl (C=O) groups excluding carboxylic acids is 1. The van der Waals surface area contributed by atoms with Gasteiger partial charge in [-0.2, -0.15) is 0 Å². The van der Waals surface area contributed by atoms with E-state index < -0.39 is 0 Å². The van der Waals surface area contributed by atoms with Crippen LogP contribution in [-0.4, -0.2) is 44.0 Å². The minimum atomic E-state index is 0.198. The molecule has 1 N–H and O–H groups in total. The summed E-state index contributed by atoms with van der Waals surface area (Å²) < 4.78 is 0. The van der Waals surface area contributed by atoms with Crippen molar-refractivity contribution in [2.24, 2.45) is 0 Å². The maximum atomic E-state index is 11.6. The van der Waals surface area contributed by atoms with Gasteiger partial charge in [0.1, 0.15) is 0 Å². The highest BCUT2D eigenvalue weighted by atomic mass is 16.2. The van der Waals surface area contributed by atoms with Crippen LogP contribution in [0.4, 0.5) is 5.69 Å². The maximum Gasteiger partial charge on any atom is 0.231 e. The average Bonchev–Trinajstić information content (AvgIpc) is 2.67. The number of likely N-dealkylation sites (N-methyl/N-ethyl adjacent to an activating group) is 1. The van der Waals surface area contributed by atoms with E-state index in [-0.39, 0.29) is 5.91 Å². The molecule has 0 bridgehead atoms. The summed E-state index contributed by atoms with van der Waals surface area (Å²) in [5.41, 5.74) is 3.55. The zero-order valence-corrected chi connectivity index (χ0v) is 10.8. The molecule has 0 saturated carbocycles. The van der Waals surface area contributed by atoms with Gasteiger partial charge in [0.05, 0.1) is 6.42 Å². The van der Waals surface area contributed by atoms with Gasteiger partial charge < -0.3 is 10.2 Å². The molecule has 1 fully saturated rings. The van der Waals surface area contributed by atoms with Crippen LogP contribution in [0.25, 0.3) is 0 Å². The standard InChI is InChI=1S/C14H19N3O/c1-16-13-8-11(2-3-12(13)9-14(16)18)10-17-6-4-15-5-7-17/h2-3,8,15H,4-7,9-10H2,1H3. The van der Waals surface area contributed by atoms with E-state index in [2.05, 4.69) is 28.4 Å². The Bertz CT molecular complexity index is 466. The number of benzene rings is 1. The smallest absolute Gasteiger partial charge is 0.231 e. The van der Waals surface area contributed by atoms with Crippen molar-refractivity contribution in [1.82, 2.24) is 10.2 Å². The Morgan fingerprint density at radius 2 is 2.06 bits per heavy atom. The number of amides is 1. The predicted octanol–water partition coefficient (Wildman–Crippen LogP) is 0.611. The van der Waals surface area contributed by atoms with E-state index in [0.29, 0.717) is 6.42 Å². The SMILES string of the molecule is CN1C(=O)Cc2ccc(CN3CCNCC3)cc21. The minimum Gasteiger partial charge on any atom is -0.315 e. The summed E-state index contributed by atoms with van der Waals surface area (Å²) in [6.07, 6.45) is 0.555. The van der Waals surface area contributed by atoms with Crippen LogP contribution in [0.5, 0.6) is 0 Å². The molecule has 4 heteroatoms. The number of anilines is 1. The largest absolute Gasteiger partial charge is 0.315 e. The fourth-order valence-corrected chi connectivity index (χ4v) is 2.71. The van der Waals surface area contributed by atoms with E-state index in [1.165, 1.54) is 5.56 Å². The van der Waals surface area contributed by atoms with Gasteiger partial charge in [-0.25, -0.2) is 0 Å². The van der Waals surface area contributed by atoms with Gasteiger partial charge in [-0.3, -0.25) is 9.69 Å². The van der Waals surface area contributed by atoms with Crippen molar-refractivity contribution in [3.05, 3.63) is 29.3 Å². The number of nitrogens with one attached hydrogen (secondary N) is 1. The normalized spacial score (nSPS) is 20.3. The van der Waals surface area contributed by atoms with Crippen molar-refractivity contribution in [3.63, 3.8) is 0 Å². The van der Waals surface area contributed by atoms with E-state index in [1.54, 1.807) is 4.90 Å². The average molecular weight is 245 g/mol. The third kappa shape index (κ3) is 2.13. The zero-order valence-electron chi connectivity index (χ0n) is 10.8. The summed E-state index contributed by atoms with van der Waals surface area (Å²) in [5.74, 6) is 0.198. The molecule has 18 heavy (non-hydrogen) atoms. The van der Waals surface area contributed by atoms with Gasteiger partial charge in [-0.05, 0) is 17.2 Å². The molecule has 0 atom stereocenters. The molecule has 2 heterocycles. The maximum absolute atomic E-state index is 11.6. The van der Waals surface area contributed by atoms with E-state index >= 15 is 0 Å². The lowest BCUT2D eigenvalue weighted by Gasteiger charge is -2.27. The quantitative estimate of drug-likeness (QED) is 0.829. The first kappa shape index (κ1) is 11.7. The van der Waals surface area contributed by atoms with Crippen molar-refractivity contribution in [3.8, 4) is 0 Å². The van der Waals surface area contributed by atoms with E-state index in [4.69, 9.17) is 0 Å². The number of fused-ring (bicyclic) bond motifs is 1. The molecular formula is C14H19N3O. The molecule has 1 aromatic carbocycles. The Morgan fingerprint density at radius 1 is 1.28 bits per heavy atom. The second-order valence-electron chi connectivity index (χ2n) is 5.12. The Morgan fingerprint density at radius 3 is 2.83 bits per heavy atom. The number of carbonyl (C=O) groups is 1. The number of hydrogen-bond donors (Lipinski definition) is 1. The van der Waals surface area contributed by atoms with Crippen molar-refractivity contribution >= 4 is 11.6 Å². The Kier molecular flexibility index (Phi) is 3.06. The van der Waals surface area contributed by atoms with Gasteiger partial charge in [0.15, 0.2) is 0 Å². The number of hydrogen-bond acceptors (Lipinski definition) is 3. The highest BCUT2D eigenvalue weighted by Gasteiger charge is 2.24. The second kappa shape index (κ2) is 4.71. The van der Waals surface area contributed by atoms with Crippen LogP contribution in [0.1, 0.15) is 11.1 Å². The van der Waals surface area contributed by atoms with Crippen LogP contribution in [0.15, 0.2) is 18.2 Å². The van der Waals surface area contributed by atoms with Crippen LogP contribution >= 0.6 is 0 Å². The molecule has 1 amide bonds. The summed E-state index contributed by atoms with van der Waals surface area (Å²) >= 11 is 0. The van der Waals surface area contributed by atoms with Crippen molar-refractivity contribution < 1.29 is 4.79 Å². The lowest BCUT2D eigenvalue weighted by atomic mass is 10.1. The molecule has 0 unspecified atom stereocenters. The Balaban J connectivity index is 1.76. The van der Waals surface area contributed by atoms with E-state index in [9.17, 15) is 4.79 Å². The molecule has 0 aromatic heterocycles. The minimum absolute atomic E-state index is 0.198. The number of piperazine rings is 1. The van der Waals surface area contributed by atoms with Gasteiger partial charge in [-0.1, -0.05) is 12.1 Å². The Labute approximate surface area is 108 Å². The van der Waals surface area contributed by atoms with Gasteiger partial charge >= 0.3 is 0 Å². The Hall–Kier alpha value is -1.39. The third-order valence-electron chi connectivity index (χ3n) is 3.84. The van der Waals surface area contributed by atoms with Crippen molar-refractivity contribution in [2.45, 2.75) is 13.0 Å². The topological polar surface area (TPSA) is 35.6 Å². The molecule has 1 saturated heterocycles. The van der Waals surface area contributed by atoms with Gasteiger partial charge in [0, 0.05) is 45.5 Å². The van der Waals surface area contributed by atoms with Crippen LogP contribution in [0.2, 0.25) is 0 Å². The molecule has 2 aliphatic heterocycles. The van der Waals surface area contributed by atoms with Crippen LogP contribution in [0.3, 0.4) is 0 Å². The first-order chi connectivity index (χ1) is 8.74. The molecule has 1 aromatic rings. The summed E-state index contributed by atoms with van der Waals surface area (Å²) in [7, 11) is 1.86. The lowest BCUT2D eigenvalue weighted by molar-refractivity contribution is -0.117. The van der Waals surface area contributed by atoms with Gasteiger partial charge in [0.2, 0.25) is 5.91 Å². The first-order valence-electron chi connectivity index (χ1n) is 6.55. The van der Waals surface area contributed by atoms with Crippen molar-refractivity contribution in [1.29, 1.82) is 0 Å². The highest BCUT2D eigenvalue weighted by molar-refractivity contribution is 6.00. The fourth-order valence-electron chi connectivity index (χ4n) is 2.71. The van der Waals surface area contributed by atoms with Gasteiger partial charge in [0.25, 0.3) is 0 Å². The number of nitrogens with zero attached hydrogens (tertiary/aromatic N) is 2. The molecule has 3 rings (SSSR count). The fraction of sp³-hybridized carbons (Fsp3) is 0.500. The summed E-state index contributed by atoms with van der Waals surface area (Å²) in [6, 6.07) is 6.43. The summed E-state index contributed by atoms with van der Waals surface area (Å²) in [4.78, 5) is 15.9. The molecule has 0 aliphatic carbocycles. The number of rotatable bonds is 2. The van der Waals surface area contributed by atoms with E-state index in [1.807, 2.05) is 7.05 Å². The van der Waals surface area contributed by atoms with Crippen LogP contribution in [0, 0.1) is 0 Å². The first-order valence-corrected chi connectivity index (χ1v) is 6.55. The molecule has 2 aliphatic rings.